The minimum absolute atomic E-state index is 0.0393. The van der Waals surface area contributed by atoms with Gasteiger partial charge in [-0.25, -0.2) is 13.9 Å². The van der Waals surface area contributed by atoms with Crippen molar-refractivity contribution >= 4 is 23.7 Å². The summed E-state index contributed by atoms with van der Waals surface area (Å²) in [7, 11) is 0. The Bertz CT molecular complexity index is 1210. The molecule has 32 heavy (non-hydrogen) atoms. The van der Waals surface area contributed by atoms with E-state index in [1.807, 2.05) is 31.2 Å². The maximum atomic E-state index is 14.3. The van der Waals surface area contributed by atoms with Crippen LogP contribution in [0.2, 0.25) is 0 Å². The van der Waals surface area contributed by atoms with Crippen LogP contribution in [-0.2, 0) is 21.7 Å². The van der Waals surface area contributed by atoms with Crippen LogP contribution < -0.4 is 10.6 Å². The third-order valence-corrected chi connectivity index (χ3v) is 5.39. The molecule has 1 aromatic heterocycles. The fraction of sp³-hybridized carbons (Fsp3) is 0.217. The number of aromatic nitrogens is 2. The number of benzene rings is 2. The number of amides is 4. The zero-order chi connectivity index (χ0) is 22.9. The molecule has 1 atom stereocenters. The van der Waals surface area contributed by atoms with Crippen LogP contribution in [0, 0.1) is 12.7 Å². The van der Waals surface area contributed by atoms with Crippen LogP contribution >= 0.6 is 0 Å². The standard InChI is InChI=1S/C23H22FN5O3/c1-15-6-5-7-16(12-15)13-29-19(10-11-25-29)26-20(30)14-28-21(31)23(2,27-22(28)32)17-8-3-4-9-18(17)24/h3-12H,13-14H2,1-2H3,(H,26,30)(H,27,32). The number of hydrogen-bond acceptors (Lipinski definition) is 4. The third kappa shape index (κ3) is 3.96. The molecule has 8 nitrogen and oxygen atoms in total. The second-order valence-electron chi connectivity index (χ2n) is 7.84. The highest BCUT2D eigenvalue weighted by molar-refractivity contribution is 6.10. The predicted molar refractivity (Wildman–Crippen MR) is 115 cm³/mol. The first-order valence-corrected chi connectivity index (χ1v) is 10.0. The first-order chi connectivity index (χ1) is 15.3. The van der Waals surface area contributed by atoms with Gasteiger partial charge in [0, 0.05) is 11.6 Å². The largest absolute Gasteiger partial charge is 0.325 e. The smallest absolute Gasteiger partial charge is 0.319 e. The van der Waals surface area contributed by atoms with E-state index >= 15 is 0 Å². The molecule has 0 radical (unpaired) electrons. The van der Waals surface area contributed by atoms with Gasteiger partial charge in [0.15, 0.2) is 0 Å². The zero-order valence-electron chi connectivity index (χ0n) is 17.6. The molecule has 2 heterocycles. The van der Waals surface area contributed by atoms with Gasteiger partial charge < -0.3 is 10.6 Å². The zero-order valence-corrected chi connectivity index (χ0v) is 17.6. The summed E-state index contributed by atoms with van der Waals surface area (Å²) in [5.41, 5.74) is 0.573. The number of nitrogens with one attached hydrogen (secondary N) is 2. The lowest BCUT2D eigenvalue weighted by Crippen LogP contribution is -2.42. The lowest BCUT2D eigenvalue weighted by Gasteiger charge is -2.22. The topological polar surface area (TPSA) is 96.3 Å². The first-order valence-electron chi connectivity index (χ1n) is 10.0. The predicted octanol–water partition coefficient (Wildman–Crippen LogP) is 2.78. The number of aryl methyl sites for hydroxylation is 1. The number of anilines is 1. The van der Waals surface area contributed by atoms with E-state index in [0.29, 0.717) is 12.4 Å². The average Bonchev–Trinajstić information content (AvgIpc) is 3.26. The van der Waals surface area contributed by atoms with Crippen molar-refractivity contribution in [3.63, 3.8) is 0 Å². The summed E-state index contributed by atoms with van der Waals surface area (Å²) in [4.78, 5) is 38.8. The van der Waals surface area contributed by atoms with Crippen LogP contribution in [0.5, 0.6) is 0 Å². The molecule has 2 N–H and O–H groups in total. The van der Waals surface area contributed by atoms with Crippen LogP contribution in [-0.4, -0.2) is 39.1 Å². The first kappa shape index (κ1) is 21.2. The molecule has 2 aromatic carbocycles. The van der Waals surface area contributed by atoms with Gasteiger partial charge in [0.25, 0.3) is 5.91 Å². The summed E-state index contributed by atoms with van der Waals surface area (Å²) < 4.78 is 15.9. The Hall–Kier alpha value is -4.01. The Morgan fingerprint density at radius 2 is 1.94 bits per heavy atom. The molecule has 0 saturated carbocycles. The van der Waals surface area contributed by atoms with Crippen LogP contribution in [0.25, 0.3) is 0 Å². The number of halogens is 1. The van der Waals surface area contributed by atoms with Gasteiger partial charge >= 0.3 is 6.03 Å². The van der Waals surface area contributed by atoms with Gasteiger partial charge in [-0.05, 0) is 25.5 Å². The Kier molecular flexibility index (Phi) is 5.48. The molecular weight excluding hydrogens is 413 g/mol. The van der Waals surface area contributed by atoms with Gasteiger partial charge in [0.05, 0.1) is 12.7 Å². The number of urea groups is 1. The van der Waals surface area contributed by atoms with E-state index in [1.54, 1.807) is 23.0 Å². The molecule has 1 unspecified atom stereocenters. The molecule has 9 heteroatoms. The Morgan fingerprint density at radius 3 is 2.69 bits per heavy atom. The lowest BCUT2D eigenvalue weighted by molar-refractivity contribution is -0.133. The van der Waals surface area contributed by atoms with E-state index in [1.165, 1.54) is 25.1 Å². The van der Waals surface area contributed by atoms with E-state index in [9.17, 15) is 18.8 Å². The van der Waals surface area contributed by atoms with Gasteiger partial charge in [0.1, 0.15) is 23.7 Å². The van der Waals surface area contributed by atoms with Crippen LogP contribution in [0.4, 0.5) is 15.0 Å². The van der Waals surface area contributed by atoms with Crippen LogP contribution in [0.15, 0.2) is 60.8 Å². The fourth-order valence-corrected chi connectivity index (χ4v) is 3.76. The van der Waals surface area contributed by atoms with Crippen molar-refractivity contribution in [2.45, 2.75) is 25.9 Å². The van der Waals surface area contributed by atoms with Crippen molar-refractivity contribution in [3.05, 3.63) is 83.3 Å². The number of hydrogen-bond donors (Lipinski definition) is 2. The van der Waals surface area contributed by atoms with Gasteiger partial charge in [0.2, 0.25) is 5.91 Å². The van der Waals surface area contributed by atoms with E-state index in [2.05, 4.69) is 15.7 Å². The molecule has 1 fully saturated rings. The Morgan fingerprint density at radius 1 is 1.16 bits per heavy atom. The Balaban J connectivity index is 1.46. The monoisotopic (exact) mass is 435 g/mol. The van der Waals surface area contributed by atoms with Crippen molar-refractivity contribution < 1.29 is 18.8 Å². The molecular formula is C23H22FN5O3. The van der Waals surface area contributed by atoms with Crippen molar-refractivity contribution in [1.82, 2.24) is 20.0 Å². The van der Waals surface area contributed by atoms with Crippen molar-refractivity contribution in [1.29, 1.82) is 0 Å². The maximum absolute atomic E-state index is 14.3. The summed E-state index contributed by atoms with van der Waals surface area (Å²) in [5, 5.41) is 9.41. The van der Waals surface area contributed by atoms with Crippen molar-refractivity contribution in [2.75, 3.05) is 11.9 Å². The average molecular weight is 435 g/mol. The fourth-order valence-electron chi connectivity index (χ4n) is 3.76. The molecule has 1 saturated heterocycles. The van der Waals surface area contributed by atoms with Crippen LogP contribution in [0.1, 0.15) is 23.6 Å². The van der Waals surface area contributed by atoms with E-state index < -0.39 is 35.7 Å². The number of nitrogens with zero attached hydrogens (tertiary/aromatic N) is 3. The van der Waals surface area contributed by atoms with Gasteiger partial charge in [-0.15, -0.1) is 0 Å². The quantitative estimate of drug-likeness (QED) is 0.582. The number of carbonyl (C=O) groups excluding carboxylic acids is 3. The molecule has 4 rings (SSSR count). The van der Waals surface area contributed by atoms with Gasteiger partial charge in [-0.1, -0.05) is 48.0 Å². The summed E-state index contributed by atoms with van der Waals surface area (Å²) in [6.07, 6.45) is 1.55. The maximum Gasteiger partial charge on any atom is 0.325 e. The third-order valence-electron chi connectivity index (χ3n) is 5.39. The number of rotatable bonds is 6. The summed E-state index contributed by atoms with van der Waals surface area (Å²) in [6.45, 7) is 3.34. The SMILES string of the molecule is Cc1cccc(Cn2nccc2NC(=O)CN2C(=O)NC(C)(c3ccccc3F)C2=O)c1. The molecule has 164 valence electrons. The number of imide groups is 1. The minimum atomic E-state index is -1.59. The molecule has 0 bridgehead atoms. The van der Waals surface area contributed by atoms with E-state index in [4.69, 9.17) is 0 Å². The summed E-state index contributed by atoms with van der Waals surface area (Å²) in [5.74, 6) is -1.45. The molecule has 0 spiro atoms. The Labute approximate surface area is 184 Å². The number of carbonyl (C=O) groups is 3. The highest BCUT2D eigenvalue weighted by atomic mass is 19.1. The summed E-state index contributed by atoms with van der Waals surface area (Å²) in [6, 6.07) is 14.5. The normalized spacial score (nSPS) is 18.0. The van der Waals surface area contributed by atoms with Gasteiger partial charge in [-0.2, -0.15) is 5.10 Å². The van der Waals surface area contributed by atoms with Crippen molar-refractivity contribution in [2.24, 2.45) is 0 Å². The van der Waals surface area contributed by atoms with Gasteiger partial charge in [-0.3, -0.25) is 14.5 Å². The molecule has 3 aromatic rings. The van der Waals surface area contributed by atoms with Crippen LogP contribution in [0.3, 0.4) is 0 Å². The molecule has 0 aliphatic carbocycles. The molecule has 4 amide bonds. The van der Waals surface area contributed by atoms with E-state index in [-0.39, 0.29) is 5.56 Å². The minimum Gasteiger partial charge on any atom is -0.319 e. The molecule has 1 aliphatic heterocycles. The second-order valence-corrected chi connectivity index (χ2v) is 7.84. The van der Waals surface area contributed by atoms with E-state index in [0.717, 1.165) is 16.0 Å². The highest BCUT2D eigenvalue weighted by Crippen LogP contribution is 2.30. The second kappa shape index (κ2) is 8.26. The lowest BCUT2D eigenvalue weighted by atomic mass is 9.91. The highest BCUT2D eigenvalue weighted by Gasteiger charge is 2.50. The summed E-state index contributed by atoms with van der Waals surface area (Å²) >= 11 is 0. The van der Waals surface area contributed by atoms with Crippen molar-refractivity contribution in [3.8, 4) is 0 Å². The molecule has 1 aliphatic rings.